The van der Waals surface area contributed by atoms with E-state index in [-0.39, 0.29) is 5.41 Å². The van der Waals surface area contributed by atoms with Gasteiger partial charge in [0.05, 0.1) is 5.69 Å². The zero-order valence-electron chi connectivity index (χ0n) is 14.4. The lowest BCUT2D eigenvalue weighted by Gasteiger charge is -2.33. The maximum Gasteiger partial charge on any atom is 0.0544 e. The zero-order valence-corrected chi connectivity index (χ0v) is 15.2. The fourth-order valence-electron chi connectivity index (χ4n) is 4.21. The summed E-state index contributed by atoms with van der Waals surface area (Å²) in [5, 5.41) is 0. The van der Waals surface area contributed by atoms with Gasteiger partial charge in [-0.2, -0.15) is 0 Å². The predicted molar refractivity (Wildman–Crippen MR) is 98.2 cm³/mol. The van der Waals surface area contributed by atoms with Crippen LogP contribution in [0.1, 0.15) is 67.5 Å². The maximum atomic E-state index is 4.70. The third-order valence-electron chi connectivity index (χ3n) is 5.25. The molecular formula is C21H25NS. The van der Waals surface area contributed by atoms with E-state index in [1.807, 2.05) is 18.0 Å². The summed E-state index contributed by atoms with van der Waals surface area (Å²) in [7, 11) is 0. The van der Waals surface area contributed by atoms with Crippen molar-refractivity contribution >= 4 is 11.8 Å². The number of benzene rings is 1. The van der Waals surface area contributed by atoms with Crippen LogP contribution in [0.3, 0.4) is 0 Å². The largest absolute Gasteiger partial charge is 0.260 e. The van der Waals surface area contributed by atoms with Crippen molar-refractivity contribution in [3.05, 3.63) is 58.4 Å². The van der Waals surface area contributed by atoms with Gasteiger partial charge in [0.25, 0.3) is 0 Å². The number of fused-ring (bicyclic) bond motifs is 3. The highest BCUT2D eigenvalue weighted by Crippen LogP contribution is 2.49. The number of aryl methyl sites for hydroxylation is 2. The van der Waals surface area contributed by atoms with Crippen LogP contribution in [0.15, 0.2) is 35.4 Å². The Labute approximate surface area is 143 Å². The van der Waals surface area contributed by atoms with Gasteiger partial charge in [-0.1, -0.05) is 32.9 Å². The van der Waals surface area contributed by atoms with Crippen molar-refractivity contribution in [2.24, 2.45) is 5.41 Å². The Morgan fingerprint density at radius 1 is 1.04 bits per heavy atom. The van der Waals surface area contributed by atoms with E-state index in [4.69, 9.17) is 4.98 Å². The summed E-state index contributed by atoms with van der Waals surface area (Å²) in [5.74, 6) is 1.43. The Balaban J connectivity index is 1.94. The van der Waals surface area contributed by atoms with E-state index in [1.54, 1.807) is 11.1 Å². The van der Waals surface area contributed by atoms with Crippen LogP contribution < -0.4 is 0 Å². The molecule has 0 N–H and O–H groups in total. The number of rotatable bonds is 0. The Kier molecular flexibility index (Phi) is 3.76. The van der Waals surface area contributed by atoms with Crippen LogP contribution in [0.4, 0.5) is 0 Å². The third-order valence-corrected chi connectivity index (χ3v) is 6.33. The number of aromatic nitrogens is 1. The van der Waals surface area contributed by atoms with Gasteiger partial charge < -0.3 is 0 Å². The van der Waals surface area contributed by atoms with E-state index in [0.717, 1.165) is 5.75 Å². The molecule has 1 atom stereocenters. The van der Waals surface area contributed by atoms with Crippen LogP contribution in [0.2, 0.25) is 0 Å². The quantitative estimate of drug-likeness (QED) is 0.613. The van der Waals surface area contributed by atoms with Crippen LogP contribution in [-0.2, 0) is 18.6 Å². The molecule has 1 aliphatic carbocycles. The molecule has 4 rings (SSSR count). The van der Waals surface area contributed by atoms with Crippen molar-refractivity contribution in [3.63, 3.8) is 0 Å². The molecule has 1 aromatic heterocycles. The molecular weight excluding hydrogens is 298 g/mol. The maximum absolute atomic E-state index is 4.70. The van der Waals surface area contributed by atoms with E-state index in [2.05, 4.69) is 45.0 Å². The van der Waals surface area contributed by atoms with Crippen LogP contribution in [0.5, 0.6) is 0 Å². The van der Waals surface area contributed by atoms with E-state index in [9.17, 15) is 0 Å². The van der Waals surface area contributed by atoms with E-state index in [1.165, 1.54) is 47.4 Å². The molecule has 0 amide bonds. The molecule has 2 aliphatic rings. The van der Waals surface area contributed by atoms with Gasteiger partial charge in [-0.3, -0.25) is 4.98 Å². The average molecular weight is 324 g/mol. The highest BCUT2D eigenvalue weighted by atomic mass is 32.2. The molecule has 2 aromatic rings. The number of pyridine rings is 1. The van der Waals surface area contributed by atoms with Gasteiger partial charge in [-0.15, -0.1) is 11.8 Å². The van der Waals surface area contributed by atoms with Crippen molar-refractivity contribution in [3.8, 4) is 0 Å². The summed E-state index contributed by atoms with van der Waals surface area (Å²) in [6.07, 6.45) is 7.15. The Morgan fingerprint density at radius 3 is 2.52 bits per heavy atom. The molecule has 120 valence electrons. The molecule has 0 saturated carbocycles. The summed E-state index contributed by atoms with van der Waals surface area (Å²) in [6.45, 7) is 7.11. The molecule has 2 heterocycles. The zero-order chi connectivity index (χ0) is 16.0. The Bertz CT molecular complexity index is 742. The van der Waals surface area contributed by atoms with Gasteiger partial charge in [0.15, 0.2) is 0 Å². The summed E-state index contributed by atoms with van der Waals surface area (Å²) in [6, 6.07) is 9.44. The van der Waals surface area contributed by atoms with Crippen LogP contribution in [0.25, 0.3) is 0 Å². The lowest BCUT2D eigenvalue weighted by Crippen LogP contribution is -2.21. The van der Waals surface area contributed by atoms with Gasteiger partial charge in [0.2, 0.25) is 0 Å². The van der Waals surface area contributed by atoms with Crippen molar-refractivity contribution < 1.29 is 0 Å². The normalized spacial score (nSPS) is 20.2. The van der Waals surface area contributed by atoms with E-state index >= 15 is 0 Å². The topological polar surface area (TPSA) is 12.9 Å². The molecule has 1 aromatic carbocycles. The molecule has 0 bridgehead atoms. The van der Waals surface area contributed by atoms with Gasteiger partial charge in [0, 0.05) is 22.8 Å². The van der Waals surface area contributed by atoms with Crippen molar-refractivity contribution in [1.82, 2.24) is 4.98 Å². The fraction of sp³-hybridized carbons (Fsp3) is 0.476. The molecule has 1 aliphatic heterocycles. The standard InChI is InChI=1S/C21H25NS/c1-21(2,3)20-16-9-6-10-22-18(16)13-23-19-12-15-8-5-4-7-14(15)11-17(19)20/h6,9-12,20H,4-5,7-8,13H2,1-3H3. The van der Waals surface area contributed by atoms with Crippen LogP contribution >= 0.6 is 11.8 Å². The number of hydrogen-bond acceptors (Lipinski definition) is 2. The second kappa shape index (κ2) is 5.66. The summed E-state index contributed by atoms with van der Waals surface area (Å²) in [5.41, 5.74) is 7.62. The summed E-state index contributed by atoms with van der Waals surface area (Å²) < 4.78 is 0. The molecule has 23 heavy (non-hydrogen) atoms. The summed E-state index contributed by atoms with van der Waals surface area (Å²) in [4.78, 5) is 6.19. The minimum Gasteiger partial charge on any atom is -0.260 e. The molecule has 0 spiro atoms. The molecule has 1 nitrogen and oxygen atoms in total. The van der Waals surface area contributed by atoms with Gasteiger partial charge in [0.1, 0.15) is 0 Å². The lowest BCUT2D eigenvalue weighted by molar-refractivity contribution is 0.354. The molecule has 0 fully saturated rings. The first-order chi connectivity index (χ1) is 11.0. The molecule has 1 unspecified atom stereocenters. The molecule has 2 heteroatoms. The minimum absolute atomic E-state index is 0.195. The first-order valence-corrected chi connectivity index (χ1v) is 9.75. The number of nitrogens with zero attached hydrogens (tertiary/aromatic N) is 1. The Hall–Kier alpha value is -1.28. The summed E-state index contributed by atoms with van der Waals surface area (Å²) >= 11 is 1.98. The predicted octanol–water partition coefficient (Wildman–Crippen LogP) is 5.74. The number of hydrogen-bond donors (Lipinski definition) is 0. The van der Waals surface area contributed by atoms with Crippen molar-refractivity contribution in [2.75, 3.05) is 0 Å². The van der Waals surface area contributed by atoms with Crippen molar-refractivity contribution in [2.45, 2.75) is 63.0 Å². The highest BCUT2D eigenvalue weighted by molar-refractivity contribution is 7.98. The smallest absolute Gasteiger partial charge is 0.0544 e. The monoisotopic (exact) mass is 323 g/mol. The Morgan fingerprint density at radius 2 is 1.78 bits per heavy atom. The van der Waals surface area contributed by atoms with Crippen LogP contribution in [0, 0.1) is 5.41 Å². The fourth-order valence-corrected chi connectivity index (χ4v) is 5.32. The minimum atomic E-state index is 0.195. The van der Waals surface area contributed by atoms with Crippen molar-refractivity contribution in [1.29, 1.82) is 0 Å². The lowest BCUT2D eigenvalue weighted by atomic mass is 9.71. The van der Waals surface area contributed by atoms with E-state index in [0.29, 0.717) is 5.92 Å². The molecule has 0 saturated heterocycles. The third kappa shape index (κ3) is 2.71. The average Bonchev–Trinajstić information content (AvgIpc) is 2.68. The van der Waals surface area contributed by atoms with Gasteiger partial charge in [-0.05, 0) is 65.5 Å². The highest BCUT2D eigenvalue weighted by Gasteiger charge is 2.34. The van der Waals surface area contributed by atoms with Gasteiger partial charge >= 0.3 is 0 Å². The SMILES string of the molecule is CC(C)(C)C1c2cc3c(cc2SCc2ncccc21)CCCC3. The van der Waals surface area contributed by atoms with E-state index < -0.39 is 0 Å². The van der Waals surface area contributed by atoms with Gasteiger partial charge in [-0.25, -0.2) is 0 Å². The first kappa shape index (κ1) is 15.3. The first-order valence-electron chi connectivity index (χ1n) is 8.76. The van der Waals surface area contributed by atoms with Crippen LogP contribution in [-0.4, -0.2) is 4.98 Å². The number of thioether (sulfide) groups is 1. The second-order valence-electron chi connectivity index (χ2n) is 7.99. The molecule has 0 radical (unpaired) electrons. The second-order valence-corrected chi connectivity index (χ2v) is 9.01.